The summed E-state index contributed by atoms with van der Waals surface area (Å²) in [4.78, 5) is 41.2. The van der Waals surface area contributed by atoms with Crippen LogP contribution in [-0.4, -0.2) is 51.4 Å². The molecule has 0 saturated carbocycles. The minimum atomic E-state index is -0.465. The van der Waals surface area contributed by atoms with Gasteiger partial charge < -0.3 is 15.4 Å². The van der Waals surface area contributed by atoms with Crippen molar-refractivity contribution < 1.29 is 9.53 Å². The molecule has 30 heavy (non-hydrogen) atoms. The number of nitrogens with one attached hydrogen (secondary N) is 2. The van der Waals surface area contributed by atoms with Gasteiger partial charge >= 0.3 is 5.69 Å². The molecule has 0 saturated heterocycles. The molecular formula is C19H23ClN6O4. The largest absolute Gasteiger partial charge is 0.375 e. The van der Waals surface area contributed by atoms with Gasteiger partial charge in [0, 0.05) is 39.3 Å². The summed E-state index contributed by atoms with van der Waals surface area (Å²) >= 11 is 6.31. The summed E-state index contributed by atoms with van der Waals surface area (Å²) in [6.45, 7) is 0.940. The number of halogens is 1. The van der Waals surface area contributed by atoms with Crippen molar-refractivity contribution in [2.75, 3.05) is 32.1 Å². The first kappa shape index (κ1) is 21.6. The van der Waals surface area contributed by atoms with E-state index in [1.807, 2.05) is 18.2 Å². The number of benzene rings is 1. The monoisotopic (exact) mass is 434 g/mol. The highest BCUT2D eigenvalue weighted by Gasteiger charge is 2.19. The zero-order chi connectivity index (χ0) is 21.8. The van der Waals surface area contributed by atoms with E-state index < -0.39 is 11.2 Å². The fourth-order valence-electron chi connectivity index (χ4n) is 3.09. The number of aromatic nitrogens is 4. The number of ether oxygens (including phenoxy) is 1. The standard InChI is InChI=1S/C19H23ClN6O4/c1-24-16-15(17(28)25(2)19(24)29)26(10-12-6-4-5-7-13(12)20)18(23-16)22-9-8-21-14(27)11-30-3/h4-7H,8-11H2,1-3H3,(H,21,27)(H,22,23). The fourth-order valence-corrected chi connectivity index (χ4v) is 3.29. The van der Waals surface area contributed by atoms with E-state index in [1.165, 1.54) is 18.7 Å². The normalized spacial score (nSPS) is 11.1. The second-order valence-electron chi connectivity index (χ2n) is 6.70. The Balaban J connectivity index is 2.00. The number of amides is 1. The number of rotatable bonds is 8. The number of methoxy groups -OCH3 is 1. The van der Waals surface area contributed by atoms with Gasteiger partial charge in [-0.2, -0.15) is 4.98 Å². The Morgan fingerprint density at radius 3 is 2.60 bits per heavy atom. The van der Waals surface area contributed by atoms with Gasteiger partial charge in [-0.1, -0.05) is 29.8 Å². The Labute approximate surface area is 177 Å². The van der Waals surface area contributed by atoms with Gasteiger partial charge in [0.25, 0.3) is 5.56 Å². The molecule has 2 aromatic heterocycles. The van der Waals surface area contributed by atoms with Gasteiger partial charge in [-0.05, 0) is 11.6 Å². The van der Waals surface area contributed by atoms with E-state index in [-0.39, 0.29) is 30.2 Å². The lowest BCUT2D eigenvalue weighted by atomic mass is 10.2. The van der Waals surface area contributed by atoms with E-state index in [0.29, 0.717) is 24.1 Å². The van der Waals surface area contributed by atoms with Gasteiger partial charge in [0.05, 0.1) is 6.54 Å². The summed E-state index contributed by atoms with van der Waals surface area (Å²) in [5.41, 5.74) is 0.430. The van der Waals surface area contributed by atoms with Crippen LogP contribution >= 0.6 is 11.6 Å². The summed E-state index contributed by atoms with van der Waals surface area (Å²) in [7, 11) is 4.43. The molecule has 0 aliphatic carbocycles. The van der Waals surface area contributed by atoms with Crippen LogP contribution in [-0.2, 0) is 30.2 Å². The predicted octanol–water partition coefficient (Wildman–Crippen LogP) is 0.310. The van der Waals surface area contributed by atoms with Crippen LogP contribution in [0.1, 0.15) is 5.56 Å². The predicted molar refractivity (Wildman–Crippen MR) is 114 cm³/mol. The van der Waals surface area contributed by atoms with Crippen LogP contribution in [0, 0.1) is 0 Å². The molecule has 3 rings (SSSR count). The Hall–Kier alpha value is -3.11. The Morgan fingerprint density at radius 1 is 1.17 bits per heavy atom. The minimum Gasteiger partial charge on any atom is -0.375 e. The van der Waals surface area contributed by atoms with E-state index in [0.717, 1.165) is 10.1 Å². The Kier molecular flexibility index (Phi) is 6.58. The molecule has 0 aliphatic heterocycles. The molecule has 0 unspecified atom stereocenters. The van der Waals surface area contributed by atoms with Crippen molar-refractivity contribution in [3.05, 3.63) is 55.7 Å². The first-order valence-corrected chi connectivity index (χ1v) is 9.62. The minimum absolute atomic E-state index is 0.0246. The molecule has 11 heteroatoms. The molecule has 1 aromatic carbocycles. The summed E-state index contributed by atoms with van der Waals surface area (Å²) in [5.74, 6) is 0.157. The smallest absolute Gasteiger partial charge is 0.332 e. The van der Waals surface area contributed by atoms with Crippen LogP contribution in [0.15, 0.2) is 33.9 Å². The quantitative estimate of drug-likeness (QED) is 0.493. The van der Waals surface area contributed by atoms with Gasteiger partial charge in [-0.25, -0.2) is 4.79 Å². The molecule has 2 N–H and O–H groups in total. The molecule has 3 aromatic rings. The van der Waals surface area contributed by atoms with Crippen LogP contribution < -0.4 is 21.9 Å². The summed E-state index contributed by atoms with van der Waals surface area (Å²) in [6.07, 6.45) is 0. The molecule has 0 aliphatic rings. The Morgan fingerprint density at radius 2 is 1.90 bits per heavy atom. The van der Waals surface area contributed by atoms with Crippen molar-refractivity contribution in [1.29, 1.82) is 0 Å². The molecule has 1 amide bonds. The van der Waals surface area contributed by atoms with E-state index in [4.69, 9.17) is 16.3 Å². The van der Waals surface area contributed by atoms with Gasteiger partial charge in [0.2, 0.25) is 11.9 Å². The molecule has 2 heterocycles. The number of hydrogen-bond donors (Lipinski definition) is 2. The third-order valence-electron chi connectivity index (χ3n) is 4.64. The molecule has 0 atom stereocenters. The van der Waals surface area contributed by atoms with Crippen molar-refractivity contribution in [2.45, 2.75) is 6.54 Å². The SMILES string of the molecule is COCC(=O)NCCNc1nc2c(c(=O)n(C)c(=O)n2C)n1Cc1ccccc1Cl. The first-order valence-electron chi connectivity index (χ1n) is 9.24. The number of hydrogen-bond acceptors (Lipinski definition) is 6. The lowest BCUT2D eigenvalue weighted by molar-refractivity contribution is -0.124. The molecule has 160 valence electrons. The van der Waals surface area contributed by atoms with E-state index in [9.17, 15) is 14.4 Å². The fraction of sp³-hybridized carbons (Fsp3) is 0.368. The van der Waals surface area contributed by atoms with E-state index >= 15 is 0 Å². The first-order chi connectivity index (χ1) is 14.3. The van der Waals surface area contributed by atoms with Crippen molar-refractivity contribution in [3.63, 3.8) is 0 Å². The van der Waals surface area contributed by atoms with Crippen molar-refractivity contribution in [1.82, 2.24) is 24.0 Å². The highest BCUT2D eigenvalue weighted by Crippen LogP contribution is 2.21. The van der Waals surface area contributed by atoms with Crippen LogP contribution in [0.4, 0.5) is 5.95 Å². The molecule has 0 bridgehead atoms. The number of nitrogens with zero attached hydrogens (tertiary/aromatic N) is 4. The molecule has 0 radical (unpaired) electrons. The third kappa shape index (κ3) is 4.24. The van der Waals surface area contributed by atoms with Crippen LogP contribution in [0.2, 0.25) is 5.02 Å². The van der Waals surface area contributed by atoms with Gasteiger partial charge in [-0.15, -0.1) is 0 Å². The van der Waals surface area contributed by atoms with Crippen molar-refractivity contribution in [2.24, 2.45) is 14.1 Å². The maximum Gasteiger partial charge on any atom is 0.332 e. The second-order valence-corrected chi connectivity index (χ2v) is 7.11. The van der Waals surface area contributed by atoms with E-state index in [1.54, 1.807) is 17.7 Å². The number of imidazole rings is 1. The van der Waals surface area contributed by atoms with Crippen LogP contribution in [0.25, 0.3) is 11.2 Å². The lowest BCUT2D eigenvalue weighted by Crippen LogP contribution is -2.37. The number of carbonyl (C=O) groups excluding carboxylic acids is 1. The summed E-state index contributed by atoms with van der Waals surface area (Å²) in [5, 5.41) is 6.38. The number of carbonyl (C=O) groups is 1. The lowest BCUT2D eigenvalue weighted by Gasteiger charge is -2.12. The van der Waals surface area contributed by atoms with Crippen molar-refractivity contribution >= 4 is 34.6 Å². The number of anilines is 1. The van der Waals surface area contributed by atoms with Crippen LogP contribution in [0.3, 0.4) is 0 Å². The van der Waals surface area contributed by atoms with Gasteiger partial charge in [0.15, 0.2) is 11.2 Å². The molecular weight excluding hydrogens is 412 g/mol. The second kappa shape index (κ2) is 9.14. The average Bonchev–Trinajstić information content (AvgIpc) is 3.08. The number of aryl methyl sites for hydroxylation is 1. The van der Waals surface area contributed by atoms with E-state index in [2.05, 4.69) is 15.6 Å². The molecule has 0 spiro atoms. The van der Waals surface area contributed by atoms with Gasteiger partial charge in [-0.3, -0.25) is 23.3 Å². The maximum atomic E-state index is 12.9. The zero-order valence-electron chi connectivity index (χ0n) is 16.9. The van der Waals surface area contributed by atoms with Gasteiger partial charge in [0.1, 0.15) is 6.61 Å². The average molecular weight is 435 g/mol. The zero-order valence-corrected chi connectivity index (χ0v) is 17.7. The Bertz CT molecular complexity index is 1200. The summed E-state index contributed by atoms with van der Waals surface area (Å²) in [6, 6.07) is 7.30. The number of fused-ring (bicyclic) bond motifs is 1. The van der Waals surface area contributed by atoms with Crippen LogP contribution in [0.5, 0.6) is 0 Å². The molecule has 10 nitrogen and oxygen atoms in total. The third-order valence-corrected chi connectivity index (χ3v) is 5.01. The summed E-state index contributed by atoms with van der Waals surface area (Å²) < 4.78 is 8.83. The highest BCUT2D eigenvalue weighted by molar-refractivity contribution is 6.31. The topological polar surface area (TPSA) is 112 Å². The van der Waals surface area contributed by atoms with Crippen molar-refractivity contribution in [3.8, 4) is 0 Å². The maximum absolute atomic E-state index is 12.9. The highest BCUT2D eigenvalue weighted by atomic mass is 35.5. The molecule has 0 fully saturated rings.